The van der Waals surface area contributed by atoms with E-state index in [0.717, 1.165) is 22.5 Å². The standard InChI is InChI=1S/C15H12N4O/c1-20-11-6-7-14-12(8-11)18-15(17)19(14)13-5-3-2-4-10(13)9-16/h2-8H,1H3,(H2,17,18). The van der Waals surface area contributed by atoms with Gasteiger partial charge in [-0.1, -0.05) is 12.1 Å². The van der Waals surface area contributed by atoms with Crippen molar-refractivity contribution in [1.29, 1.82) is 5.26 Å². The van der Waals surface area contributed by atoms with Gasteiger partial charge in [-0.2, -0.15) is 5.26 Å². The topological polar surface area (TPSA) is 76.9 Å². The van der Waals surface area contributed by atoms with Crippen molar-refractivity contribution in [3.05, 3.63) is 48.0 Å². The van der Waals surface area contributed by atoms with Crippen molar-refractivity contribution in [1.82, 2.24) is 9.55 Å². The van der Waals surface area contributed by atoms with Gasteiger partial charge in [-0.25, -0.2) is 4.98 Å². The van der Waals surface area contributed by atoms with Gasteiger partial charge in [0, 0.05) is 6.07 Å². The van der Waals surface area contributed by atoms with Crippen LogP contribution in [0, 0.1) is 11.3 Å². The molecule has 0 unspecified atom stereocenters. The summed E-state index contributed by atoms with van der Waals surface area (Å²) in [5.41, 5.74) is 8.84. The summed E-state index contributed by atoms with van der Waals surface area (Å²) in [5.74, 6) is 1.06. The monoisotopic (exact) mass is 264 g/mol. The Labute approximate surface area is 115 Å². The van der Waals surface area contributed by atoms with Crippen LogP contribution in [-0.2, 0) is 0 Å². The molecule has 0 bridgehead atoms. The lowest BCUT2D eigenvalue weighted by molar-refractivity contribution is 0.415. The Bertz CT molecular complexity index is 829. The highest BCUT2D eigenvalue weighted by molar-refractivity contribution is 5.82. The number of hydrogen-bond acceptors (Lipinski definition) is 4. The SMILES string of the molecule is COc1ccc2c(c1)nc(N)n2-c1ccccc1C#N. The average molecular weight is 264 g/mol. The summed E-state index contributed by atoms with van der Waals surface area (Å²) < 4.78 is 6.95. The van der Waals surface area contributed by atoms with Gasteiger partial charge < -0.3 is 10.5 Å². The van der Waals surface area contributed by atoms with Crippen LogP contribution in [0.3, 0.4) is 0 Å². The van der Waals surface area contributed by atoms with Gasteiger partial charge in [0.05, 0.1) is 29.4 Å². The minimum atomic E-state index is 0.343. The van der Waals surface area contributed by atoms with Crippen LogP contribution in [0.25, 0.3) is 16.7 Å². The fourth-order valence-electron chi connectivity index (χ4n) is 2.22. The molecular weight excluding hydrogens is 252 g/mol. The third-order valence-corrected chi connectivity index (χ3v) is 3.15. The van der Waals surface area contributed by atoms with Gasteiger partial charge in [0.15, 0.2) is 0 Å². The normalized spacial score (nSPS) is 10.4. The maximum atomic E-state index is 9.22. The van der Waals surface area contributed by atoms with E-state index >= 15 is 0 Å². The van der Waals surface area contributed by atoms with Gasteiger partial charge >= 0.3 is 0 Å². The zero-order valence-corrected chi connectivity index (χ0v) is 10.9. The lowest BCUT2D eigenvalue weighted by Gasteiger charge is -2.08. The molecule has 0 amide bonds. The largest absolute Gasteiger partial charge is 0.497 e. The Morgan fingerprint density at radius 2 is 2.05 bits per heavy atom. The molecular formula is C15H12N4O. The van der Waals surface area contributed by atoms with Gasteiger partial charge in [0.25, 0.3) is 0 Å². The molecule has 0 saturated heterocycles. The first-order chi connectivity index (χ1) is 9.74. The van der Waals surface area contributed by atoms with E-state index in [2.05, 4.69) is 11.1 Å². The number of hydrogen-bond donors (Lipinski definition) is 1. The predicted molar refractivity (Wildman–Crippen MR) is 76.7 cm³/mol. The molecule has 2 aromatic carbocycles. The molecule has 20 heavy (non-hydrogen) atoms. The summed E-state index contributed by atoms with van der Waals surface area (Å²) in [6.07, 6.45) is 0. The maximum absolute atomic E-state index is 9.22. The molecule has 0 aliphatic carbocycles. The molecule has 1 aromatic heterocycles. The van der Waals surface area contributed by atoms with E-state index in [1.165, 1.54) is 0 Å². The number of fused-ring (bicyclic) bond motifs is 1. The lowest BCUT2D eigenvalue weighted by atomic mass is 10.2. The molecule has 3 aromatic rings. The summed E-state index contributed by atoms with van der Waals surface area (Å²) >= 11 is 0. The highest BCUT2D eigenvalue weighted by Gasteiger charge is 2.13. The van der Waals surface area contributed by atoms with Crippen LogP contribution in [0.1, 0.15) is 5.56 Å². The van der Waals surface area contributed by atoms with Crippen LogP contribution in [0.2, 0.25) is 0 Å². The average Bonchev–Trinajstić information content (AvgIpc) is 2.81. The van der Waals surface area contributed by atoms with Gasteiger partial charge in [-0.3, -0.25) is 4.57 Å². The van der Waals surface area contributed by atoms with Gasteiger partial charge in [-0.05, 0) is 24.3 Å². The second kappa shape index (κ2) is 4.59. The quantitative estimate of drug-likeness (QED) is 0.771. The fraction of sp³-hybridized carbons (Fsp3) is 0.0667. The van der Waals surface area contributed by atoms with Crippen LogP contribution in [0.4, 0.5) is 5.95 Å². The van der Waals surface area contributed by atoms with Gasteiger partial charge in [0.1, 0.15) is 11.8 Å². The Hall–Kier alpha value is -3.00. The van der Waals surface area contributed by atoms with Gasteiger partial charge in [-0.15, -0.1) is 0 Å². The first kappa shape index (κ1) is 12.1. The second-order valence-electron chi connectivity index (χ2n) is 4.29. The number of anilines is 1. The Morgan fingerprint density at radius 3 is 2.80 bits per heavy atom. The number of nitrogen functional groups attached to an aromatic ring is 1. The number of rotatable bonds is 2. The number of nitrogens with two attached hydrogens (primary N) is 1. The van der Waals surface area contributed by atoms with Gasteiger partial charge in [0.2, 0.25) is 5.95 Å². The number of nitriles is 1. The van der Waals surface area contributed by atoms with Crippen molar-refractivity contribution in [2.45, 2.75) is 0 Å². The summed E-state index contributed by atoms with van der Waals surface area (Å²) in [6, 6.07) is 15.0. The summed E-state index contributed by atoms with van der Waals surface area (Å²) in [7, 11) is 1.60. The number of ether oxygens (including phenoxy) is 1. The lowest BCUT2D eigenvalue weighted by Crippen LogP contribution is -2.02. The number of nitrogens with zero attached hydrogens (tertiary/aromatic N) is 3. The first-order valence-electron chi connectivity index (χ1n) is 6.06. The minimum absolute atomic E-state index is 0.343. The predicted octanol–water partition coefficient (Wildman–Crippen LogP) is 2.49. The molecule has 1 heterocycles. The Morgan fingerprint density at radius 1 is 1.25 bits per heavy atom. The number of para-hydroxylation sites is 1. The fourth-order valence-corrected chi connectivity index (χ4v) is 2.22. The maximum Gasteiger partial charge on any atom is 0.205 e. The molecule has 0 aliphatic rings. The smallest absolute Gasteiger partial charge is 0.205 e. The van der Waals surface area contributed by atoms with Crippen LogP contribution < -0.4 is 10.5 Å². The summed E-state index contributed by atoms with van der Waals surface area (Å²) in [6.45, 7) is 0. The zero-order chi connectivity index (χ0) is 14.1. The molecule has 2 N–H and O–H groups in total. The number of aromatic nitrogens is 2. The number of methoxy groups -OCH3 is 1. The van der Waals surface area contributed by atoms with Crippen molar-refractivity contribution < 1.29 is 4.74 Å². The van der Waals surface area contributed by atoms with E-state index in [4.69, 9.17) is 10.5 Å². The van der Waals surface area contributed by atoms with E-state index in [-0.39, 0.29) is 0 Å². The van der Waals surface area contributed by atoms with Crippen LogP contribution in [0.5, 0.6) is 5.75 Å². The molecule has 0 fully saturated rings. The zero-order valence-electron chi connectivity index (χ0n) is 10.9. The van der Waals surface area contributed by atoms with E-state index in [0.29, 0.717) is 11.5 Å². The molecule has 0 spiro atoms. The van der Waals surface area contributed by atoms with Crippen molar-refractivity contribution >= 4 is 17.0 Å². The first-order valence-corrected chi connectivity index (χ1v) is 6.06. The Balaban J connectivity index is 2.31. The third kappa shape index (κ3) is 1.75. The third-order valence-electron chi connectivity index (χ3n) is 3.15. The highest BCUT2D eigenvalue weighted by atomic mass is 16.5. The van der Waals surface area contributed by atoms with Crippen LogP contribution in [0.15, 0.2) is 42.5 Å². The van der Waals surface area contributed by atoms with E-state index in [1.54, 1.807) is 17.7 Å². The summed E-state index contributed by atoms with van der Waals surface area (Å²) in [4.78, 5) is 4.32. The Kier molecular flexibility index (Phi) is 2.77. The summed E-state index contributed by atoms with van der Waals surface area (Å²) in [5, 5.41) is 9.22. The van der Waals surface area contributed by atoms with E-state index in [1.807, 2.05) is 36.4 Å². The molecule has 98 valence electrons. The van der Waals surface area contributed by atoms with Crippen LogP contribution >= 0.6 is 0 Å². The highest BCUT2D eigenvalue weighted by Crippen LogP contribution is 2.27. The number of benzene rings is 2. The van der Waals surface area contributed by atoms with Crippen molar-refractivity contribution in [2.75, 3.05) is 12.8 Å². The van der Waals surface area contributed by atoms with Crippen LogP contribution in [-0.4, -0.2) is 16.7 Å². The van der Waals surface area contributed by atoms with E-state index < -0.39 is 0 Å². The van der Waals surface area contributed by atoms with Crippen molar-refractivity contribution in [3.8, 4) is 17.5 Å². The molecule has 0 radical (unpaired) electrons. The molecule has 0 aliphatic heterocycles. The second-order valence-corrected chi connectivity index (χ2v) is 4.29. The minimum Gasteiger partial charge on any atom is -0.497 e. The molecule has 0 saturated carbocycles. The molecule has 3 rings (SSSR count). The van der Waals surface area contributed by atoms with Crippen molar-refractivity contribution in [2.24, 2.45) is 0 Å². The molecule has 5 nitrogen and oxygen atoms in total. The van der Waals surface area contributed by atoms with Crippen molar-refractivity contribution in [3.63, 3.8) is 0 Å². The molecule has 0 atom stereocenters. The molecule has 5 heteroatoms. The van der Waals surface area contributed by atoms with E-state index in [9.17, 15) is 5.26 Å². The number of imidazole rings is 1.